The van der Waals surface area contributed by atoms with Gasteiger partial charge in [-0.05, 0) is 56.7 Å². The molecule has 0 saturated carbocycles. The van der Waals surface area contributed by atoms with Crippen molar-refractivity contribution in [1.82, 2.24) is 0 Å². The average molecular weight is 567 g/mol. The van der Waals surface area contributed by atoms with Crippen molar-refractivity contribution in [1.29, 1.82) is 0 Å². The van der Waals surface area contributed by atoms with E-state index < -0.39 is 0 Å². The molecule has 0 saturated heterocycles. The van der Waals surface area contributed by atoms with Gasteiger partial charge in [-0.15, -0.1) is 11.3 Å². The molecule has 0 aliphatic heterocycles. The summed E-state index contributed by atoms with van der Waals surface area (Å²) >= 11 is 1.67. The lowest BCUT2D eigenvalue weighted by Gasteiger charge is -2.11. The molecule has 0 fully saturated rings. The smallest absolute Gasteiger partial charge is 0.200 e. The van der Waals surface area contributed by atoms with E-state index in [-0.39, 0.29) is 21.7 Å². The minimum absolute atomic E-state index is 0.0124. The summed E-state index contributed by atoms with van der Waals surface area (Å²) in [5.41, 5.74) is 3.25. The van der Waals surface area contributed by atoms with Crippen LogP contribution < -0.4 is 20.6 Å². The highest BCUT2D eigenvalue weighted by Gasteiger charge is 2.18. The fraction of sp³-hybridized carbons (Fsp3) is 0.297. The van der Waals surface area contributed by atoms with Gasteiger partial charge in [0.25, 0.3) is 0 Å². The number of rotatable bonds is 1. The lowest BCUT2D eigenvalue weighted by atomic mass is 9.93. The van der Waals surface area contributed by atoms with E-state index in [1.165, 1.54) is 0 Å². The minimum Gasteiger partial charge on any atom is -0.456 e. The summed E-state index contributed by atoms with van der Waals surface area (Å²) in [4.78, 5) is 26.2. The van der Waals surface area contributed by atoms with Crippen LogP contribution in [0.5, 0.6) is 0 Å². The first-order chi connectivity index (χ1) is 19.4. The summed E-state index contributed by atoms with van der Waals surface area (Å²) in [6.07, 6.45) is 23.9. The van der Waals surface area contributed by atoms with E-state index in [1.807, 2.05) is 101 Å². The molecule has 0 spiro atoms. The van der Waals surface area contributed by atoms with Gasteiger partial charge < -0.3 is 4.42 Å². The Balaban J connectivity index is 0.000000213. The molecular formula is C37H42O3S. The fourth-order valence-electron chi connectivity index (χ4n) is 4.35. The van der Waals surface area contributed by atoms with Crippen LogP contribution in [0.25, 0.3) is 47.4 Å². The predicted octanol–water partition coefficient (Wildman–Crippen LogP) is 8.53. The third-order valence-corrected chi connectivity index (χ3v) is 8.01. The topological polar surface area (TPSA) is 47.3 Å². The van der Waals surface area contributed by atoms with Gasteiger partial charge >= 0.3 is 0 Å². The van der Waals surface area contributed by atoms with E-state index >= 15 is 0 Å². The molecule has 1 aromatic carbocycles. The van der Waals surface area contributed by atoms with Crippen molar-refractivity contribution < 1.29 is 4.42 Å². The van der Waals surface area contributed by atoms with Crippen LogP contribution in [-0.2, 0) is 0 Å². The summed E-state index contributed by atoms with van der Waals surface area (Å²) in [7, 11) is 0. The Labute approximate surface area is 248 Å². The highest BCUT2D eigenvalue weighted by Crippen LogP contribution is 2.29. The van der Waals surface area contributed by atoms with Crippen molar-refractivity contribution in [2.45, 2.75) is 62.3 Å². The lowest BCUT2D eigenvalue weighted by Crippen LogP contribution is -2.38. The number of hydrogen-bond donors (Lipinski definition) is 0. The van der Waals surface area contributed by atoms with E-state index in [2.05, 4.69) is 52.0 Å². The fourth-order valence-corrected chi connectivity index (χ4v) is 5.38. The van der Waals surface area contributed by atoms with Gasteiger partial charge in [0, 0.05) is 31.0 Å². The second-order valence-electron chi connectivity index (χ2n) is 11.2. The molecule has 5 rings (SSSR count). The molecule has 3 nitrogen and oxygen atoms in total. The molecule has 214 valence electrons. The molecule has 0 atom stereocenters. The van der Waals surface area contributed by atoms with Crippen LogP contribution in [0, 0.1) is 17.8 Å². The predicted molar refractivity (Wildman–Crippen MR) is 182 cm³/mol. The second-order valence-corrected chi connectivity index (χ2v) is 12.2. The maximum Gasteiger partial charge on any atom is 0.200 e. The van der Waals surface area contributed by atoms with Gasteiger partial charge in [-0.2, -0.15) is 0 Å². The van der Waals surface area contributed by atoms with E-state index in [0.29, 0.717) is 22.3 Å². The molecule has 41 heavy (non-hydrogen) atoms. The molecule has 4 heteroatoms. The zero-order chi connectivity index (χ0) is 30.4. The van der Waals surface area contributed by atoms with Gasteiger partial charge in [0.05, 0.1) is 10.9 Å². The Bertz CT molecular complexity index is 1820. The van der Waals surface area contributed by atoms with E-state index in [1.54, 1.807) is 11.3 Å². The van der Waals surface area contributed by atoms with Crippen LogP contribution in [0.2, 0.25) is 0 Å². The Kier molecular flexibility index (Phi) is 10.3. The van der Waals surface area contributed by atoms with Gasteiger partial charge in [-0.25, -0.2) is 0 Å². The maximum absolute atomic E-state index is 12.7. The van der Waals surface area contributed by atoms with Crippen LogP contribution in [0.1, 0.15) is 82.7 Å². The first-order valence-electron chi connectivity index (χ1n) is 14.3. The third-order valence-electron chi connectivity index (χ3n) is 6.76. The second kappa shape index (κ2) is 13.3. The third kappa shape index (κ3) is 7.51. The Morgan fingerprint density at radius 2 is 1.41 bits per heavy atom. The monoisotopic (exact) mass is 566 g/mol. The molecule has 2 aliphatic rings. The molecular weight excluding hydrogens is 524 g/mol. The zero-order valence-corrected chi connectivity index (χ0v) is 26.6. The van der Waals surface area contributed by atoms with Crippen LogP contribution in [-0.4, -0.2) is 0 Å². The van der Waals surface area contributed by atoms with Crippen molar-refractivity contribution in [3.63, 3.8) is 0 Å². The maximum atomic E-state index is 12.7. The van der Waals surface area contributed by atoms with Gasteiger partial charge in [0.2, 0.25) is 5.43 Å². The Hall–Kier alpha value is -3.76. The van der Waals surface area contributed by atoms with Gasteiger partial charge in [-0.1, -0.05) is 102 Å². The summed E-state index contributed by atoms with van der Waals surface area (Å²) in [5.74, 6) is 0.643. The number of hydrogen-bond acceptors (Lipinski definition) is 4. The number of allylic oxidation sites excluding steroid dienone is 6. The highest BCUT2D eigenvalue weighted by atomic mass is 32.1. The van der Waals surface area contributed by atoms with Crippen LogP contribution in [0.3, 0.4) is 0 Å². The number of aryl methyl sites for hydroxylation is 1. The Morgan fingerprint density at radius 1 is 0.805 bits per heavy atom. The van der Waals surface area contributed by atoms with E-state index in [4.69, 9.17) is 4.42 Å². The number of benzene rings is 1. The van der Waals surface area contributed by atoms with Crippen molar-refractivity contribution in [3.05, 3.63) is 112 Å². The quantitative estimate of drug-likeness (QED) is 0.297. The highest BCUT2D eigenvalue weighted by molar-refractivity contribution is 7.10. The molecule has 0 amide bonds. The van der Waals surface area contributed by atoms with Crippen molar-refractivity contribution >= 4 is 58.8 Å². The lowest BCUT2D eigenvalue weighted by molar-refractivity contribution is 0.587. The minimum atomic E-state index is -0.0664. The van der Waals surface area contributed by atoms with Crippen LogP contribution in [0.4, 0.5) is 0 Å². The molecule has 0 bridgehead atoms. The summed E-state index contributed by atoms with van der Waals surface area (Å²) in [6, 6.07) is 5.68. The van der Waals surface area contributed by atoms with Crippen LogP contribution in [0.15, 0.2) is 68.7 Å². The van der Waals surface area contributed by atoms with Crippen molar-refractivity contribution in [2.75, 3.05) is 0 Å². The van der Waals surface area contributed by atoms with Gasteiger partial charge in [0.1, 0.15) is 11.3 Å². The molecule has 0 unspecified atom stereocenters. The van der Waals surface area contributed by atoms with Crippen molar-refractivity contribution in [3.8, 4) is 0 Å². The molecule has 0 N–H and O–H groups in total. The van der Waals surface area contributed by atoms with E-state index in [0.717, 1.165) is 25.8 Å². The zero-order valence-electron chi connectivity index (χ0n) is 25.8. The molecule has 2 aliphatic carbocycles. The summed E-state index contributed by atoms with van der Waals surface area (Å²) < 4.78 is 6.91. The SMILES string of the molecule is C/C=C/C=c1/c(=O)c2c(s/c1=C/C)C=CC(C)(C)C=C2.CC.Cc1ccc2c(=O)c3c(oc2c1)C=CC(C)(C)C=C3. The van der Waals surface area contributed by atoms with Gasteiger partial charge in [0.15, 0.2) is 5.43 Å². The van der Waals surface area contributed by atoms with Gasteiger partial charge in [-0.3, -0.25) is 9.59 Å². The molecule has 2 heterocycles. The number of fused-ring (bicyclic) bond motifs is 3. The standard InChI is InChI=1S/C18H20OS.C17H16O2.C2H6/c1-5-7-8-13-15(6-2)20-16-10-12-18(3,4)11-9-14(16)17(13)19;1-11-4-5-12-15(10-11)19-14-7-9-17(2,3)8-6-13(14)16(12)18;1-2/h5-12H,1-4H3;4-10H,1-3H3;1-2H3/b7-5+,13-8+,15-6+;;. The normalized spacial score (nSPS) is 16.8. The van der Waals surface area contributed by atoms with Crippen LogP contribution >= 0.6 is 11.3 Å². The van der Waals surface area contributed by atoms with E-state index in [9.17, 15) is 9.59 Å². The average Bonchev–Trinajstić information content (AvgIpc) is 3.20. The Morgan fingerprint density at radius 3 is 2.05 bits per heavy atom. The first-order valence-corrected chi connectivity index (χ1v) is 15.1. The summed E-state index contributed by atoms with van der Waals surface area (Å²) in [6.45, 7) is 18.4. The largest absolute Gasteiger partial charge is 0.456 e. The summed E-state index contributed by atoms with van der Waals surface area (Å²) in [5, 5.41) is 1.43. The molecule has 0 radical (unpaired) electrons. The molecule has 3 aromatic rings. The molecule has 2 aromatic heterocycles. The van der Waals surface area contributed by atoms with Crippen molar-refractivity contribution in [2.24, 2.45) is 10.8 Å². The first kappa shape index (κ1) is 31.8.